The molecular weight excluding hydrogens is 373 g/mol. The Balaban J connectivity index is 2.61. The highest BCUT2D eigenvalue weighted by atomic mass is 127. The number of carbonyl (C=O) groups is 2. The Bertz CT molecular complexity index is 357. The van der Waals surface area contributed by atoms with Gasteiger partial charge in [-0.3, -0.25) is 4.79 Å². The van der Waals surface area contributed by atoms with E-state index in [0.717, 1.165) is 0 Å². The Kier molecular flexibility index (Phi) is 6.09. The molecule has 0 bridgehead atoms. The average molecular weight is 397 g/mol. The van der Waals surface area contributed by atoms with E-state index in [-0.39, 0.29) is 12.1 Å². The second-order valence-corrected chi connectivity index (χ2v) is 6.86. The highest BCUT2D eigenvalue weighted by Gasteiger charge is 2.43. The summed E-state index contributed by atoms with van der Waals surface area (Å²) in [5.41, 5.74) is -0.939. The highest BCUT2D eigenvalue weighted by molar-refractivity contribution is 14.1. The Morgan fingerprint density at radius 2 is 1.80 bits per heavy atom. The molecule has 1 rings (SSSR count). The van der Waals surface area contributed by atoms with E-state index >= 15 is 0 Å². The van der Waals surface area contributed by atoms with E-state index in [1.54, 1.807) is 4.90 Å². The number of carbonyl (C=O) groups excluding carboxylic acids is 2. The summed E-state index contributed by atoms with van der Waals surface area (Å²) in [7, 11) is 0. The zero-order valence-corrected chi connectivity index (χ0v) is 14.9. The summed E-state index contributed by atoms with van der Waals surface area (Å²) in [5, 5.41) is 0. The third-order valence-electron chi connectivity index (χ3n) is 3.34. The van der Waals surface area contributed by atoms with Crippen LogP contribution in [-0.2, 0) is 14.3 Å². The predicted molar refractivity (Wildman–Crippen MR) is 85.0 cm³/mol. The van der Waals surface area contributed by atoms with Crippen molar-refractivity contribution in [1.82, 2.24) is 4.90 Å². The number of amides is 1. The maximum absolute atomic E-state index is 12.1. The molecule has 0 spiro atoms. The van der Waals surface area contributed by atoms with Crippen LogP contribution in [0.5, 0.6) is 0 Å². The van der Waals surface area contributed by atoms with Crippen molar-refractivity contribution < 1.29 is 19.1 Å². The van der Waals surface area contributed by atoms with Crippen LogP contribution in [0.4, 0.5) is 4.79 Å². The summed E-state index contributed by atoms with van der Waals surface area (Å²) < 4.78 is 11.2. The lowest BCUT2D eigenvalue weighted by atomic mass is 9.80. The predicted octanol–water partition coefficient (Wildman–Crippen LogP) is 3.00. The number of hydrogen-bond donors (Lipinski definition) is 0. The van der Waals surface area contributed by atoms with Crippen LogP contribution in [0.1, 0.15) is 40.5 Å². The number of halogens is 1. The summed E-state index contributed by atoms with van der Waals surface area (Å²) in [6.45, 7) is 8.84. The first-order valence-corrected chi connectivity index (χ1v) is 8.48. The lowest BCUT2D eigenvalue weighted by Crippen LogP contribution is -2.49. The maximum Gasteiger partial charge on any atom is 0.410 e. The molecule has 0 aliphatic carbocycles. The molecule has 5 nitrogen and oxygen atoms in total. The van der Waals surface area contributed by atoms with Gasteiger partial charge in [-0.05, 0) is 40.5 Å². The van der Waals surface area contributed by atoms with Crippen LogP contribution in [0.15, 0.2) is 0 Å². The fraction of sp³-hybridized carbons (Fsp3) is 0.857. The van der Waals surface area contributed by atoms with Crippen molar-refractivity contribution in [2.45, 2.75) is 46.1 Å². The number of ether oxygens (including phenoxy) is 2. The first-order chi connectivity index (χ1) is 9.24. The monoisotopic (exact) mass is 397 g/mol. The molecule has 6 heteroatoms. The standard InChI is InChI=1S/C14H24INO4/c1-5-19-11(17)14(10-15)6-8-16(9-7-14)12(18)20-13(2,3)4/h5-10H2,1-4H3. The van der Waals surface area contributed by atoms with Crippen LogP contribution in [-0.4, -0.2) is 46.7 Å². The second-order valence-electron chi connectivity index (χ2n) is 6.10. The molecule has 0 atom stereocenters. The van der Waals surface area contributed by atoms with Gasteiger partial charge in [-0.25, -0.2) is 4.79 Å². The van der Waals surface area contributed by atoms with Gasteiger partial charge in [-0.1, -0.05) is 22.6 Å². The number of alkyl halides is 1. The smallest absolute Gasteiger partial charge is 0.410 e. The minimum atomic E-state index is -0.490. The first kappa shape index (κ1) is 17.5. The Labute approximate surface area is 134 Å². The van der Waals surface area contributed by atoms with Gasteiger partial charge in [0.15, 0.2) is 0 Å². The van der Waals surface area contributed by atoms with E-state index in [1.807, 2.05) is 27.7 Å². The van der Waals surface area contributed by atoms with Crippen LogP contribution in [0.2, 0.25) is 0 Å². The third-order valence-corrected chi connectivity index (χ3v) is 4.80. The minimum absolute atomic E-state index is 0.141. The largest absolute Gasteiger partial charge is 0.466 e. The molecule has 0 N–H and O–H groups in total. The second kappa shape index (κ2) is 6.95. The number of rotatable bonds is 3. The molecule has 0 radical (unpaired) electrons. The van der Waals surface area contributed by atoms with Crippen molar-refractivity contribution in [3.05, 3.63) is 0 Å². The Morgan fingerprint density at radius 1 is 1.25 bits per heavy atom. The Morgan fingerprint density at radius 3 is 2.20 bits per heavy atom. The third kappa shape index (κ3) is 4.49. The number of piperidine rings is 1. The van der Waals surface area contributed by atoms with E-state index in [9.17, 15) is 9.59 Å². The fourth-order valence-electron chi connectivity index (χ4n) is 2.12. The molecule has 1 amide bonds. The summed E-state index contributed by atoms with van der Waals surface area (Å²) >= 11 is 2.23. The molecule has 0 unspecified atom stereocenters. The van der Waals surface area contributed by atoms with Gasteiger partial charge in [-0.2, -0.15) is 0 Å². The first-order valence-electron chi connectivity index (χ1n) is 6.95. The topological polar surface area (TPSA) is 55.8 Å². The SMILES string of the molecule is CCOC(=O)C1(CI)CCN(C(=O)OC(C)(C)C)CC1. The van der Waals surface area contributed by atoms with E-state index in [1.165, 1.54) is 0 Å². The van der Waals surface area contributed by atoms with Gasteiger partial charge >= 0.3 is 12.1 Å². The molecular formula is C14H24INO4. The normalized spacial score (nSPS) is 18.6. The molecule has 1 fully saturated rings. The zero-order chi connectivity index (χ0) is 15.4. The molecule has 0 saturated carbocycles. The quantitative estimate of drug-likeness (QED) is 0.418. The van der Waals surface area contributed by atoms with Gasteiger partial charge in [0.1, 0.15) is 5.60 Å². The van der Waals surface area contributed by atoms with Gasteiger partial charge in [0.25, 0.3) is 0 Å². The van der Waals surface area contributed by atoms with Crippen molar-refractivity contribution in [1.29, 1.82) is 0 Å². The van der Waals surface area contributed by atoms with E-state index in [2.05, 4.69) is 22.6 Å². The molecule has 1 aliphatic rings. The van der Waals surface area contributed by atoms with Crippen LogP contribution in [0.25, 0.3) is 0 Å². The average Bonchev–Trinajstić information content (AvgIpc) is 2.37. The summed E-state index contributed by atoms with van der Waals surface area (Å²) in [6, 6.07) is 0. The number of hydrogen-bond acceptors (Lipinski definition) is 4. The summed E-state index contributed by atoms with van der Waals surface area (Å²) in [5.74, 6) is -0.141. The molecule has 0 aromatic heterocycles. The summed E-state index contributed by atoms with van der Waals surface area (Å²) in [4.78, 5) is 25.8. The van der Waals surface area contributed by atoms with Crippen molar-refractivity contribution in [3.8, 4) is 0 Å². The molecule has 0 aromatic carbocycles. The van der Waals surface area contributed by atoms with Gasteiger partial charge in [0.2, 0.25) is 0 Å². The van der Waals surface area contributed by atoms with Crippen molar-refractivity contribution in [2.75, 3.05) is 24.1 Å². The number of likely N-dealkylation sites (tertiary alicyclic amines) is 1. The van der Waals surface area contributed by atoms with Gasteiger partial charge < -0.3 is 14.4 Å². The van der Waals surface area contributed by atoms with Crippen LogP contribution in [0.3, 0.4) is 0 Å². The lowest BCUT2D eigenvalue weighted by molar-refractivity contribution is -0.156. The lowest BCUT2D eigenvalue weighted by Gasteiger charge is -2.39. The molecule has 1 aliphatic heterocycles. The van der Waals surface area contributed by atoms with E-state index in [0.29, 0.717) is 37.0 Å². The number of nitrogens with zero attached hydrogens (tertiary/aromatic N) is 1. The molecule has 0 aromatic rings. The highest BCUT2D eigenvalue weighted by Crippen LogP contribution is 2.35. The molecule has 20 heavy (non-hydrogen) atoms. The maximum atomic E-state index is 12.1. The van der Waals surface area contributed by atoms with Crippen LogP contribution in [0, 0.1) is 5.41 Å². The number of esters is 1. The van der Waals surface area contributed by atoms with Gasteiger partial charge in [0.05, 0.1) is 12.0 Å². The fourth-order valence-corrected chi connectivity index (χ4v) is 3.19. The molecule has 1 saturated heterocycles. The summed E-state index contributed by atoms with van der Waals surface area (Å²) in [6.07, 6.45) is 0.964. The minimum Gasteiger partial charge on any atom is -0.466 e. The zero-order valence-electron chi connectivity index (χ0n) is 12.7. The molecule has 1 heterocycles. The Hall–Kier alpha value is -0.530. The molecule has 116 valence electrons. The van der Waals surface area contributed by atoms with Crippen LogP contribution < -0.4 is 0 Å². The van der Waals surface area contributed by atoms with Crippen molar-refractivity contribution in [2.24, 2.45) is 5.41 Å². The van der Waals surface area contributed by atoms with Crippen molar-refractivity contribution in [3.63, 3.8) is 0 Å². The van der Waals surface area contributed by atoms with Crippen LogP contribution >= 0.6 is 22.6 Å². The van der Waals surface area contributed by atoms with Crippen molar-refractivity contribution >= 4 is 34.7 Å². The van der Waals surface area contributed by atoms with E-state index in [4.69, 9.17) is 9.47 Å². The van der Waals surface area contributed by atoms with E-state index < -0.39 is 11.0 Å². The van der Waals surface area contributed by atoms with Gasteiger partial charge in [0, 0.05) is 17.5 Å². The van der Waals surface area contributed by atoms with Gasteiger partial charge in [-0.15, -0.1) is 0 Å².